The molecule has 0 aromatic carbocycles. The molecule has 0 N–H and O–H groups in total. The topological polar surface area (TPSA) is 52.6 Å². The van der Waals surface area contributed by atoms with Crippen molar-refractivity contribution in [3.63, 3.8) is 0 Å². The van der Waals surface area contributed by atoms with Gasteiger partial charge in [0.1, 0.15) is 6.54 Å². The summed E-state index contributed by atoms with van der Waals surface area (Å²) >= 11 is 0. The predicted molar refractivity (Wildman–Crippen MR) is 120 cm³/mol. The SMILES string of the molecule is CCCCCCCCCCCCOC(=O)CC(C[N+](C)(C)C)OC(=O)CC(C)C. The van der Waals surface area contributed by atoms with Crippen LogP contribution in [0.15, 0.2) is 0 Å². The van der Waals surface area contributed by atoms with Gasteiger partial charge in [-0.05, 0) is 12.3 Å². The molecule has 0 aromatic heterocycles. The van der Waals surface area contributed by atoms with Gasteiger partial charge in [0, 0.05) is 6.42 Å². The third-order valence-corrected chi connectivity index (χ3v) is 4.78. The number of unbranched alkanes of at least 4 members (excludes halogenated alkanes) is 9. The molecule has 5 heteroatoms. The fourth-order valence-electron chi connectivity index (χ4n) is 3.34. The van der Waals surface area contributed by atoms with Crippen molar-refractivity contribution in [3.8, 4) is 0 Å². The molecule has 0 saturated carbocycles. The number of nitrogens with zero attached hydrogens (tertiary/aromatic N) is 1. The van der Waals surface area contributed by atoms with Crippen molar-refractivity contribution in [1.29, 1.82) is 0 Å². The van der Waals surface area contributed by atoms with Gasteiger partial charge in [-0.2, -0.15) is 0 Å². The van der Waals surface area contributed by atoms with Crippen molar-refractivity contribution in [3.05, 3.63) is 0 Å². The summed E-state index contributed by atoms with van der Waals surface area (Å²) in [5.74, 6) is -0.256. The Morgan fingerprint density at radius 2 is 1.28 bits per heavy atom. The Morgan fingerprint density at radius 1 is 0.759 bits per heavy atom. The Morgan fingerprint density at radius 3 is 1.76 bits per heavy atom. The lowest BCUT2D eigenvalue weighted by atomic mass is 10.1. The van der Waals surface area contributed by atoms with Gasteiger partial charge in [0.25, 0.3) is 0 Å². The molecule has 0 aliphatic rings. The van der Waals surface area contributed by atoms with Crippen LogP contribution in [0.1, 0.15) is 97.8 Å². The highest BCUT2D eigenvalue weighted by Crippen LogP contribution is 2.12. The summed E-state index contributed by atoms with van der Waals surface area (Å²) in [4.78, 5) is 24.2. The van der Waals surface area contributed by atoms with Crippen LogP contribution in [0.3, 0.4) is 0 Å². The van der Waals surface area contributed by atoms with Gasteiger partial charge in [-0.1, -0.05) is 78.6 Å². The highest BCUT2D eigenvalue weighted by atomic mass is 16.6. The molecule has 172 valence electrons. The zero-order chi connectivity index (χ0) is 22.1. The van der Waals surface area contributed by atoms with Crippen LogP contribution in [0, 0.1) is 5.92 Å². The molecule has 0 aliphatic heterocycles. The van der Waals surface area contributed by atoms with E-state index in [1.807, 2.05) is 35.0 Å². The van der Waals surface area contributed by atoms with Crippen LogP contribution in [0.5, 0.6) is 0 Å². The van der Waals surface area contributed by atoms with Crippen LogP contribution < -0.4 is 0 Å². The first-order valence-electron chi connectivity index (χ1n) is 11.8. The molecule has 1 unspecified atom stereocenters. The summed E-state index contributed by atoms with van der Waals surface area (Å²) in [5.41, 5.74) is 0. The molecule has 0 amide bonds. The normalized spacial score (nSPS) is 12.8. The second-order valence-corrected chi connectivity index (χ2v) is 9.79. The lowest BCUT2D eigenvalue weighted by Gasteiger charge is -2.28. The molecule has 0 bridgehead atoms. The molecule has 1 atom stereocenters. The molecule has 0 aromatic rings. The van der Waals surface area contributed by atoms with Crippen molar-refractivity contribution in [2.75, 3.05) is 34.3 Å². The van der Waals surface area contributed by atoms with Crippen LogP contribution in [-0.4, -0.2) is 56.8 Å². The number of likely N-dealkylation sites (N-methyl/N-ethyl adjacent to an activating group) is 1. The summed E-state index contributed by atoms with van der Waals surface area (Å²) in [6.45, 7) is 7.27. The van der Waals surface area contributed by atoms with Crippen LogP contribution >= 0.6 is 0 Å². The van der Waals surface area contributed by atoms with E-state index in [0.717, 1.165) is 12.8 Å². The number of hydrogen-bond acceptors (Lipinski definition) is 4. The molecule has 0 saturated heterocycles. The molecular weight excluding hydrogens is 366 g/mol. The van der Waals surface area contributed by atoms with E-state index in [1.165, 1.54) is 51.4 Å². The minimum absolute atomic E-state index is 0.136. The van der Waals surface area contributed by atoms with Gasteiger partial charge in [-0.15, -0.1) is 0 Å². The monoisotopic (exact) mass is 414 g/mol. The largest absolute Gasteiger partial charge is 0.466 e. The standard InChI is InChI=1S/C24H48NO4/c1-7-8-9-10-11-12-13-14-15-16-17-28-23(26)19-22(20-25(4,5)6)29-24(27)18-21(2)3/h21-22H,7-20H2,1-6H3/q+1. The van der Waals surface area contributed by atoms with E-state index in [4.69, 9.17) is 9.47 Å². The number of hydrogen-bond donors (Lipinski definition) is 0. The molecule has 0 radical (unpaired) electrons. The quantitative estimate of drug-likeness (QED) is 0.169. The zero-order valence-corrected chi connectivity index (χ0v) is 20.1. The fraction of sp³-hybridized carbons (Fsp3) is 0.917. The second kappa shape index (κ2) is 16.7. The van der Waals surface area contributed by atoms with Crippen LogP contribution in [0.25, 0.3) is 0 Å². The average molecular weight is 415 g/mol. The van der Waals surface area contributed by atoms with E-state index < -0.39 is 6.10 Å². The van der Waals surface area contributed by atoms with E-state index in [1.54, 1.807) is 0 Å². The smallest absolute Gasteiger partial charge is 0.309 e. The lowest BCUT2D eigenvalue weighted by molar-refractivity contribution is -0.873. The number of carbonyl (C=O) groups excluding carboxylic acids is 2. The number of ether oxygens (including phenoxy) is 2. The third kappa shape index (κ3) is 20.0. The van der Waals surface area contributed by atoms with Crippen molar-refractivity contribution in [2.24, 2.45) is 5.92 Å². The Balaban J connectivity index is 3.96. The molecule has 0 rings (SSSR count). The first-order valence-corrected chi connectivity index (χ1v) is 11.8. The Bertz CT molecular complexity index is 429. The highest BCUT2D eigenvalue weighted by molar-refractivity contribution is 5.72. The van der Waals surface area contributed by atoms with Gasteiger partial charge in [-0.25, -0.2) is 0 Å². The van der Waals surface area contributed by atoms with Crippen molar-refractivity contribution < 1.29 is 23.5 Å². The third-order valence-electron chi connectivity index (χ3n) is 4.78. The fourth-order valence-corrected chi connectivity index (χ4v) is 3.34. The Hall–Kier alpha value is -1.10. The summed E-state index contributed by atoms with van der Waals surface area (Å²) in [5, 5.41) is 0. The number of rotatable bonds is 18. The van der Waals surface area contributed by atoms with E-state index in [2.05, 4.69) is 6.92 Å². The highest BCUT2D eigenvalue weighted by Gasteiger charge is 2.25. The van der Waals surface area contributed by atoms with Crippen molar-refractivity contribution >= 4 is 11.9 Å². The van der Waals surface area contributed by atoms with E-state index >= 15 is 0 Å². The lowest BCUT2D eigenvalue weighted by Crippen LogP contribution is -2.44. The zero-order valence-electron chi connectivity index (χ0n) is 20.1. The molecule has 0 fully saturated rings. The van der Waals surface area contributed by atoms with Crippen LogP contribution in [0.4, 0.5) is 0 Å². The van der Waals surface area contributed by atoms with Crippen molar-refractivity contribution in [2.45, 2.75) is 104 Å². The minimum Gasteiger partial charge on any atom is -0.466 e. The summed E-state index contributed by atoms with van der Waals surface area (Å²) in [7, 11) is 6.08. The van der Waals surface area contributed by atoms with Gasteiger partial charge >= 0.3 is 11.9 Å². The maximum Gasteiger partial charge on any atom is 0.309 e. The van der Waals surface area contributed by atoms with Crippen LogP contribution in [0.2, 0.25) is 0 Å². The number of esters is 2. The van der Waals surface area contributed by atoms with Crippen molar-refractivity contribution in [1.82, 2.24) is 0 Å². The molecule has 0 spiro atoms. The first kappa shape index (κ1) is 27.9. The first-order chi connectivity index (χ1) is 13.6. The minimum atomic E-state index is -0.429. The molecule has 0 aliphatic carbocycles. The average Bonchev–Trinajstić information content (AvgIpc) is 2.57. The van der Waals surface area contributed by atoms with Gasteiger partial charge < -0.3 is 14.0 Å². The summed E-state index contributed by atoms with van der Waals surface area (Å²) < 4.78 is 11.6. The Kier molecular flexibility index (Phi) is 16.0. The van der Waals surface area contributed by atoms with Gasteiger partial charge in [-0.3, -0.25) is 9.59 Å². The summed E-state index contributed by atoms with van der Waals surface area (Å²) in [6.07, 6.45) is 12.6. The van der Waals surface area contributed by atoms with Crippen LogP contribution in [-0.2, 0) is 19.1 Å². The number of quaternary nitrogens is 1. The number of carbonyl (C=O) groups is 2. The maximum atomic E-state index is 12.2. The molecule has 29 heavy (non-hydrogen) atoms. The molecule has 5 nitrogen and oxygen atoms in total. The molecule has 0 heterocycles. The van der Waals surface area contributed by atoms with E-state index in [-0.39, 0.29) is 24.3 Å². The van der Waals surface area contributed by atoms with Gasteiger partial charge in [0.15, 0.2) is 6.10 Å². The van der Waals surface area contributed by atoms with Gasteiger partial charge in [0.05, 0.1) is 34.2 Å². The van der Waals surface area contributed by atoms with E-state index in [0.29, 0.717) is 24.1 Å². The predicted octanol–water partition coefficient (Wildman–Crippen LogP) is 5.50. The summed E-state index contributed by atoms with van der Waals surface area (Å²) in [6, 6.07) is 0. The Labute approximate surface area is 180 Å². The van der Waals surface area contributed by atoms with Gasteiger partial charge in [0.2, 0.25) is 0 Å². The van der Waals surface area contributed by atoms with E-state index in [9.17, 15) is 9.59 Å². The maximum absolute atomic E-state index is 12.2. The molecular formula is C24H48NO4+. The second-order valence-electron chi connectivity index (χ2n) is 9.79.